The molecule has 1 aliphatic rings. The lowest BCUT2D eigenvalue weighted by Crippen LogP contribution is -2.29. The summed E-state index contributed by atoms with van der Waals surface area (Å²) in [4.78, 5) is 23.2. The highest BCUT2D eigenvalue weighted by molar-refractivity contribution is 5.95. The van der Waals surface area contributed by atoms with Gasteiger partial charge in [0.2, 0.25) is 6.10 Å². The van der Waals surface area contributed by atoms with Crippen LogP contribution in [0.1, 0.15) is 48.9 Å². The molecule has 5 heteroatoms. The number of hydrogen-bond donors (Lipinski definition) is 1. The molecule has 1 fully saturated rings. The van der Waals surface area contributed by atoms with Crippen molar-refractivity contribution in [1.82, 2.24) is 0 Å². The van der Waals surface area contributed by atoms with Crippen LogP contribution in [-0.4, -0.2) is 24.8 Å². The van der Waals surface area contributed by atoms with Crippen molar-refractivity contribution in [2.75, 3.05) is 11.9 Å². The Morgan fingerprint density at radius 2 is 1.74 bits per heavy atom. The van der Waals surface area contributed by atoms with Crippen molar-refractivity contribution in [3.05, 3.63) is 101 Å². The zero-order valence-corrected chi connectivity index (χ0v) is 19.9. The molecule has 0 aliphatic carbocycles. The van der Waals surface area contributed by atoms with Gasteiger partial charge >= 0.3 is 6.16 Å². The van der Waals surface area contributed by atoms with Gasteiger partial charge in [0.15, 0.2) is 0 Å². The molecule has 0 spiro atoms. The van der Waals surface area contributed by atoms with Gasteiger partial charge in [0.05, 0.1) is 0 Å². The second-order valence-corrected chi connectivity index (χ2v) is 9.63. The predicted molar refractivity (Wildman–Crippen MR) is 133 cm³/mol. The van der Waals surface area contributed by atoms with Crippen molar-refractivity contribution in [2.24, 2.45) is 0 Å². The van der Waals surface area contributed by atoms with Crippen molar-refractivity contribution in [1.29, 1.82) is 0 Å². The maximum atomic E-state index is 12.2. The number of amides is 1. The molecule has 5 nitrogen and oxygen atoms in total. The van der Waals surface area contributed by atoms with E-state index in [0.29, 0.717) is 11.6 Å². The summed E-state index contributed by atoms with van der Waals surface area (Å²) < 4.78 is 9.48. The number of carbonyl (C=O) groups is 2. The summed E-state index contributed by atoms with van der Waals surface area (Å²) in [5, 5.41) is 2.76. The smallest absolute Gasteiger partial charge is 0.430 e. The molecule has 1 heterocycles. The lowest BCUT2D eigenvalue weighted by Gasteiger charge is -2.26. The van der Waals surface area contributed by atoms with E-state index in [-0.39, 0.29) is 17.9 Å². The molecule has 3 aromatic carbocycles. The van der Waals surface area contributed by atoms with E-state index in [1.165, 1.54) is 22.3 Å². The Kier molecular flexibility index (Phi) is 7.01. The minimum Gasteiger partial charge on any atom is -0.430 e. The Labute approximate surface area is 201 Å². The van der Waals surface area contributed by atoms with Gasteiger partial charge in [0, 0.05) is 5.69 Å². The molecule has 0 saturated carbocycles. The first kappa shape index (κ1) is 23.6. The summed E-state index contributed by atoms with van der Waals surface area (Å²) in [5.41, 5.74) is 5.92. The summed E-state index contributed by atoms with van der Waals surface area (Å²) in [5.74, 6) is -0.0301. The Bertz CT molecular complexity index is 1140. The molecule has 4 rings (SSSR count). The number of rotatable bonds is 8. The standard InChI is InChI=1S/C29H31NO4/c1-20(16-21-12-14-25(15-13-21)30-27(31)26-19-33-28(32)34-26)23-9-7-8-22(17-23)18-29(2,3)24-10-5-4-6-11-24/h4-15,17,20,26H,16,18-19H2,1-3H3,(H,30,31). The van der Waals surface area contributed by atoms with Gasteiger partial charge < -0.3 is 14.8 Å². The van der Waals surface area contributed by atoms with E-state index in [9.17, 15) is 9.59 Å². The van der Waals surface area contributed by atoms with Gasteiger partial charge in [-0.05, 0) is 58.6 Å². The summed E-state index contributed by atoms with van der Waals surface area (Å²) in [6, 6.07) is 27.3. The van der Waals surface area contributed by atoms with Gasteiger partial charge in [-0.25, -0.2) is 4.79 Å². The summed E-state index contributed by atoms with van der Waals surface area (Å²) in [7, 11) is 0. The molecule has 1 aliphatic heterocycles. The fraction of sp³-hybridized carbons (Fsp3) is 0.310. The normalized spacial score (nSPS) is 16.4. The van der Waals surface area contributed by atoms with Gasteiger partial charge in [-0.15, -0.1) is 0 Å². The SMILES string of the molecule is CC(Cc1ccc(NC(=O)C2COC(=O)O2)cc1)c1cccc(CC(C)(C)c2ccccc2)c1. The predicted octanol–water partition coefficient (Wildman–Crippen LogP) is 6.03. The second kappa shape index (κ2) is 10.1. The number of hydrogen-bond acceptors (Lipinski definition) is 4. The third-order valence-electron chi connectivity index (χ3n) is 6.37. The third-order valence-corrected chi connectivity index (χ3v) is 6.37. The van der Waals surface area contributed by atoms with Crippen LogP contribution in [0, 0.1) is 0 Å². The van der Waals surface area contributed by atoms with E-state index in [4.69, 9.17) is 4.74 Å². The third kappa shape index (κ3) is 5.84. The Morgan fingerprint density at radius 1 is 1.00 bits per heavy atom. The second-order valence-electron chi connectivity index (χ2n) is 9.63. The van der Waals surface area contributed by atoms with E-state index < -0.39 is 12.3 Å². The molecule has 34 heavy (non-hydrogen) atoms. The molecular weight excluding hydrogens is 426 g/mol. The van der Waals surface area contributed by atoms with Gasteiger partial charge in [0.1, 0.15) is 6.61 Å². The quantitative estimate of drug-likeness (QED) is 0.420. The number of cyclic esters (lactones) is 2. The van der Waals surface area contributed by atoms with Crippen molar-refractivity contribution in [3.63, 3.8) is 0 Å². The summed E-state index contributed by atoms with van der Waals surface area (Å²) in [6.45, 7) is 6.78. The van der Waals surface area contributed by atoms with Crippen molar-refractivity contribution in [2.45, 2.75) is 51.0 Å². The molecule has 1 saturated heterocycles. The Balaban J connectivity index is 1.36. The molecule has 0 radical (unpaired) electrons. The molecule has 2 atom stereocenters. The minimum absolute atomic E-state index is 0.0537. The van der Waals surface area contributed by atoms with Crippen LogP contribution in [0.4, 0.5) is 10.5 Å². The van der Waals surface area contributed by atoms with Crippen LogP contribution in [0.25, 0.3) is 0 Å². The first-order valence-electron chi connectivity index (χ1n) is 11.7. The molecule has 1 N–H and O–H groups in total. The fourth-order valence-corrected chi connectivity index (χ4v) is 4.39. The summed E-state index contributed by atoms with van der Waals surface area (Å²) in [6.07, 6.45) is 0.171. The topological polar surface area (TPSA) is 64.6 Å². The molecule has 2 unspecified atom stereocenters. The van der Waals surface area contributed by atoms with Gasteiger partial charge in [-0.2, -0.15) is 0 Å². The fourth-order valence-electron chi connectivity index (χ4n) is 4.39. The van der Waals surface area contributed by atoms with E-state index in [1.54, 1.807) is 0 Å². The van der Waals surface area contributed by atoms with Crippen LogP contribution in [0.2, 0.25) is 0 Å². The number of anilines is 1. The van der Waals surface area contributed by atoms with Crippen LogP contribution < -0.4 is 5.32 Å². The maximum Gasteiger partial charge on any atom is 0.509 e. The molecule has 0 bridgehead atoms. The molecule has 1 amide bonds. The number of carbonyl (C=O) groups excluding carboxylic acids is 2. The van der Waals surface area contributed by atoms with Crippen LogP contribution in [0.15, 0.2) is 78.9 Å². The highest BCUT2D eigenvalue weighted by Gasteiger charge is 2.31. The highest BCUT2D eigenvalue weighted by Crippen LogP contribution is 2.29. The van der Waals surface area contributed by atoms with Crippen LogP contribution >= 0.6 is 0 Å². The first-order chi connectivity index (χ1) is 16.3. The van der Waals surface area contributed by atoms with Gasteiger partial charge in [-0.1, -0.05) is 87.5 Å². The average Bonchev–Trinajstić information content (AvgIpc) is 3.27. The van der Waals surface area contributed by atoms with Crippen LogP contribution in [-0.2, 0) is 32.5 Å². The van der Waals surface area contributed by atoms with E-state index in [2.05, 4.69) is 85.4 Å². The van der Waals surface area contributed by atoms with Crippen molar-refractivity contribution in [3.8, 4) is 0 Å². The van der Waals surface area contributed by atoms with E-state index in [0.717, 1.165) is 12.8 Å². The molecule has 3 aromatic rings. The van der Waals surface area contributed by atoms with E-state index >= 15 is 0 Å². The minimum atomic E-state index is -0.897. The van der Waals surface area contributed by atoms with Crippen molar-refractivity contribution < 1.29 is 19.1 Å². The zero-order valence-electron chi connectivity index (χ0n) is 19.9. The molecular formula is C29H31NO4. The molecule has 0 aromatic heterocycles. The van der Waals surface area contributed by atoms with Crippen LogP contribution in [0.5, 0.6) is 0 Å². The number of nitrogens with one attached hydrogen (secondary N) is 1. The number of benzene rings is 3. The monoisotopic (exact) mass is 457 g/mol. The van der Waals surface area contributed by atoms with Crippen LogP contribution in [0.3, 0.4) is 0 Å². The number of ether oxygens (including phenoxy) is 2. The van der Waals surface area contributed by atoms with Gasteiger partial charge in [-0.3, -0.25) is 4.79 Å². The Hall–Kier alpha value is -3.60. The molecule has 176 valence electrons. The van der Waals surface area contributed by atoms with E-state index in [1.807, 2.05) is 24.3 Å². The summed E-state index contributed by atoms with van der Waals surface area (Å²) >= 11 is 0. The average molecular weight is 458 g/mol. The largest absolute Gasteiger partial charge is 0.509 e. The zero-order chi connectivity index (χ0) is 24.1. The van der Waals surface area contributed by atoms with Gasteiger partial charge in [0.25, 0.3) is 5.91 Å². The van der Waals surface area contributed by atoms with Crippen molar-refractivity contribution >= 4 is 17.7 Å². The lowest BCUT2D eigenvalue weighted by molar-refractivity contribution is -0.122. The highest BCUT2D eigenvalue weighted by atomic mass is 16.8. The lowest BCUT2D eigenvalue weighted by atomic mass is 9.78. The Morgan fingerprint density at radius 3 is 2.41 bits per heavy atom. The maximum absolute atomic E-state index is 12.2. The first-order valence-corrected chi connectivity index (χ1v) is 11.7.